The van der Waals surface area contributed by atoms with E-state index in [0.29, 0.717) is 18.2 Å². The van der Waals surface area contributed by atoms with Crippen molar-refractivity contribution in [2.24, 2.45) is 4.99 Å². The Bertz CT molecular complexity index is 586. The van der Waals surface area contributed by atoms with Gasteiger partial charge in [-0.2, -0.15) is 0 Å². The first-order valence-electron chi connectivity index (χ1n) is 8.75. The van der Waals surface area contributed by atoms with Crippen molar-refractivity contribution in [3.8, 4) is 0 Å². The van der Waals surface area contributed by atoms with E-state index in [2.05, 4.69) is 20.5 Å². The lowest BCUT2D eigenvalue weighted by Crippen LogP contribution is -2.47. The van der Waals surface area contributed by atoms with E-state index >= 15 is 0 Å². The van der Waals surface area contributed by atoms with E-state index in [4.69, 9.17) is 4.74 Å². The van der Waals surface area contributed by atoms with Gasteiger partial charge in [0.2, 0.25) is 0 Å². The number of nitrogens with one attached hydrogen (secondary N) is 2. The lowest BCUT2D eigenvalue weighted by atomic mass is 9.96. The van der Waals surface area contributed by atoms with Crippen molar-refractivity contribution in [2.75, 3.05) is 32.1 Å². The summed E-state index contributed by atoms with van der Waals surface area (Å²) in [5, 5.41) is 6.83. The van der Waals surface area contributed by atoms with Crippen molar-refractivity contribution < 1.29 is 9.13 Å². The average Bonchev–Trinajstić information content (AvgIpc) is 3.20. The van der Waals surface area contributed by atoms with Crippen molar-refractivity contribution >= 4 is 35.6 Å². The molecule has 0 amide bonds. The standard InChI is InChI=1S/C18H27FN4O.HI/c1-20-18(22-16-12-15-7-8-17(16)24-15)21-9-4-10-23(2)14-6-3-5-13(19)11-14;/h3,5-6,11,15-17H,4,7-10,12H2,1-2H3,(H2,20,21,22);1H. The van der Waals surface area contributed by atoms with Crippen molar-refractivity contribution in [1.29, 1.82) is 0 Å². The fourth-order valence-electron chi connectivity index (χ4n) is 3.53. The maximum atomic E-state index is 13.3. The summed E-state index contributed by atoms with van der Waals surface area (Å²) >= 11 is 0. The first-order valence-corrected chi connectivity index (χ1v) is 8.75. The van der Waals surface area contributed by atoms with E-state index in [1.54, 1.807) is 19.2 Å². The highest BCUT2D eigenvalue weighted by atomic mass is 127. The molecule has 3 atom stereocenters. The molecule has 140 valence electrons. The molecule has 0 aliphatic carbocycles. The van der Waals surface area contributed by atoms with Crippen LogP contribution in [0.15, 0.2) is 29.3 Å². The highest BCUT2D eigenvalue weighted by Crippen LogP contribution is 2.34. The molecule has 2 aliphatic rings. The molecule has 2 saturated heterocycles. The van der Waals surface area contributed by atoms with Gasteiger partial charge in [0.25, 0.3) is 0 Å². The molecule has 5 nitrogen and oxygen atoms in total. The van der Waals surface area contributed by atoms with Crippen LogP contribution in [-0.2, 0) is 4.74 Å². The van der Waals surface area contributed by atoms with Crippen LogP contribution in [0, 0.1) is 5.82 Å². The lowest BCUT2D eigenvalue weighted by Gasteiger charge is -2.23. The van der Waals surface area contributed by atoms with Gasteiger partial charge in [0.05, 0.1) is 18.2 Å². The molecule has 2 aliphatic heterocycles. The third-order valence-corrected chi connectivity index (χ3v) is 4.86. The lowest BCUT2D eigenvalue weighted by molar-refractivity contribution is 0.0992. The molecular formula is C18H28FIN4O. The number of rotatable bonds is 6. The van der Waals surface area contributed by atoms with E-state index in [9.17, 15) is 4.39 Å². The Morgan fingerprint density at radius 2 is 2.24 bits per heavy atom. The fourth-order valence-corrected chi connectivity index (χ4v) is 3.53. The highest BCUT2D eigenvalue weighted by Gasteiger charge is 2.41. The second kappa shape index (κ2) is 9.56. The van der Waals surface area contributed by atoms with Gasteiger partial charge in [0.15, 0.2) is 5.96 Å². The molecule has 3 unspecified atom stereocenters. The van der Waals surface area contributed by atoms with Crippen LogP contribution in [0.5, 0.6) is 0 Å². The maximum Gasteiger partial charge on any atom is 0.191 e. The third-order valence-electron chi connectivity index (χ3n) is 4.86. The molecule has 2 N–H and O–H groups in total. The smallest absolute Gasteiger partial charge is 0.191 e. The number of halogens is 2. The van der Waals surface area contributed by atoms with Crippen molar-refractivity contribution in [3.05, 3.63) is 30.1 Å². The number of hydrogen-bond acceptors (Lipinski definition) is 3. The molecule has 0 aromatic heterocycles. The molecule has 0 saturated carbocycles. The van der Waals surface area contributed by atoms with Gasteiger partial charge in [0.1, 0.15) is 5.82 Å². The van der Waals surface area contributed by atoms with E-state index in [-0.39, 0.29) is 29.8 Å². The molecule has 0 radical (unpaired) electrons. The third kappa shape index (κ3) is 5.44. The Hall–Kier alpha value is -1.09. The zero-order valence-corrected chi connectivity index (χ0v) is 17.2. The van der Waals surface area contributed by atoms with Crippen molar-refractivity contribution in [1.82, 2.24) is 10.6 Å². The van der Waals surface area contributed by atoms with Crippen LogP contribution in [0.2, 0.25) is 0 Å². The number of aliphatic imine (C=N–C) groups is 1. The predicted octanol–water partition coefficient (Wildman–Crippen LogP) is 2.75. The topological polar surface area (TPSA) is 48.9 Å². The van der Waals surface area contributed by atoms with Gasteiger partial charge < -0.3 is 20.3 Å². The second-order valence-corrected chi connectivity index (χ2v) is 6.61. The second-order valence-electron chi connectivity index (χ2n) is 6.61. The SMILES string of the molecule is CN=C(NCCCN(C)c1cccc(F)c1)NC1CC2CCC1O2.I. The molecular weight excluding hydrogens is 434 g/mol. The van der Waals surface area contributed by atoms with Crippen LogP contribution in [0.25, 0.3) is 0 Å². The number of fused-ring (bicyclic) bond motifs is 2. The van der Waals surface area contributed by atoms with Gasteiger partial charge in [-0.25, -0.2) is 4.39 Å². The maximum absolute atomic E-state index is 13.3. The zero-order valence-electron chi connectivity index (χ0n) is 14.9. The predicted molar refractivity (Wildman–Crippen MR) is 110 cm³/mol. The quantitative estimate of drug-likeness (QED) is 0.296. The first kappa shape index (κ1) is 20.2. The molecule has 3 rings (SSSR count). The molecule has 0 spiro atoms. The van der Waals surface area contributed by atoms with Crippen molar-refractivity contribution in [3.63, 3.8) is 0 Å². The first-order chi connectivity index (χ1) is 11.7. The largest absolute Gasteiger partial charge is 0.374 e. The number of ether oxygens (including phenoxy) is 1. The molecule has 25 heavy (non-hydrogen) atoms. The monoisotopic (exact) mass is 462 g/mol. The number of guanidine groups is 1. The Kier molecular flexibility index (Phi) is 7.74. The summed E-state index contributed by atoms with van der Waals surface area (Å²) < 4.78 is 19.1. The Labute approximate surface area is 166 Å². The Morgan fingerprint density at radius 1 is 1.40 bits per heavy atom. The summed E-state index contributed by atoms with van der Waals surface area (Å²) in [4.78, 5) is 6.36. The van der Waals surface area contributed by atoms with Crippen LogP contribution in [0.3, 0.4) is 0 Å². The number of hydrogen-bond donors (Lipinski definition) is 2. The zero-order chi connectivity index (χ0) is 16.9. The Morgan fingerprint density at radius 3 is 2.88 bits per heavy atom. The van der Waals surface area contributed by atoms with Crippen LogP contribution in [-0.4, -0.2) is 51.4 Å². The van der Waals surface area contributed by atoms with E-state index in [1.807, 2.05) is 13.1 Å². The van der Waals surface area contributed by atoms with Crippen LogP contribution in [0.1, 0.15) is 25.7 Å². The van der Waals surface area contributed by atoms with Crippen LogP contribution >= 0.6 is 24.0 Å². The van der Waals surface area contributed by atoms with E-state index in [1.165, 1.54) is 12.5 Å². The summed E-state index contributed by atoms with van der Waals surface area (Å²) in [6, 6.07) is 7.07. The average molecular weight is 462 g/mol. The summed E-state index contributed by atoms with van der Waals surface area (Å²) in [6.07, 6.45) is 5.14. The normalized spacial score (nSPS) is 24.8. The van der Waals surface area contributed by atoms with E-state index < -0.39 is 0 Å². The van der Waals surface area contributed by atoms with Crippen molar-refractivity contribution in [2.45, 2.75) is 43.9 Å². The summed E-state index contributed by atoms with van der Waals surface area (Å²) in [6.45, 7) is 1.67. The van der Waals surface area contributed by atoms with Gasteiger partial charge in [-0.1, -0.05) is 6.07 Å². The summed E-state index contributed by atoms with van der Waals surface area (Å²) in [5.41, 5.74) is 0.900. The minimum absolute atomic E-state index is 0. The number of nitrogens with zero attached hydrogens (tertiary/aromatic N) is 2. The molecule has 2 fully saturated rings. The summed E-state index contributed by atoms with van der Waals surface area (Å²) in [5.74, 6) is 0.639. The fraction of sp³-hybridized carbons (Fsp3) is 0.611. The highest BCUT2D eigenvalue weighted by molar-refractivity contribution is 14.0. The van der Waals surface area contributed by atoms with Crippen LogP contribution in [0.4, 0.5) is 10.1 Å². The number of anilines is 1. The van der Waals surface area contributed by atoms with Gasteiger partial charge >= 0.3 is 0 Å². The van der Waals surface area contributed by atoms with Gasteiger partial charge in [-0.3, -0.25) is 4.99 Å². The molecule has 7 heteroatoms. The van der Waals surface area contributed by atoms with Gasteiger partial charge in [-0.05, 0) is 43.9 Å². The minimum atomic E-state index is -0.199. The van der Waals surface area contributed by atoms with Gasteiger partial charge in [-0.15, -0.1) is 24.0 Å². The van der Waals surface area contributed by atoms with E-state index in [0.717, 1.165) is 44.0 Å². The Balaban J connectivity index is 0.00000225. The number of benzene rings is 1. The summed E-state index contributed by atoms with van der Waals surface area (Å²) in [7, 11) is 3.77. The minimum Gasteiger partial charge on any atom is -0.374 e. The van der Waals surface area contributed by atoms with Gasteiger partial charge in [0, 0.05) is 32.9 Å². The molecule has 2 heterocycles. The molecule has 1 aromatic carbocycles. The molecule has 2 bridgehead atoms. The molecule has 1 aromatic rings. The van der Waals surface area contributed by atoms with Crippen LogP contribution < -0.4 is 15.5 Å².